The Kier molecular flexibility index (Phi) is 2.17. The molecular weight excluding hydrogens is 292 g/mol. The van der Waals surface area contributed by atoms with Crippen molar-refractivity contribution in [1.82, 2.24) is 9.38 Å². The summed E-state index contributed by atoms with van der Waals surface area (Å²) in [6.45, 7) is 4.87. The molecule has 0 radical (unpaired) electrons. The highest BCUT2D eigenvalue weighted by molar-refractivity contribution is 6.11. The molecule has 2 heteroatoms. The van der Waals surface area contributed by atoms with Crippen LogP contribution in [0.2, 0.25) is 0 Å². The van der Waals surface area contributed by atoms with Gasteiger partial charge in [-0.05, 0) is 29.7 Å². The van der Waals surface area contributed by atoms with Crippen LogP contribution in [0.5, 0.6) is 0 Å². The van der Waals surface area contributed by atoms with Crippen LogP contribution in [0.25, 0.3) is 27.3 Å². The van der Waals surface area contributed by atoms with Crippen molar-refractivity contribution < 1.29 is 0 Å². The van der Waals surface area contributed by atoms with Gasteiger partial charge in [-0.1, -0.05) is 56.3 Å². The molecule has 1 fully saturated rings. The maximum atomic E-state index is 5.21. The Morgan fingerprint density at radius 3 is 2.38 bits per heavy atom. The molecule has 0 spiro atoms. The summed E-state index contributed by atoms with van der Waals surface area (Å²) in [6, 6.07) is 17.5. The lowest BCUT2D eigenvalue weighted by molar-refractivity contribution is 0.320. The second-order valence-corrected chi connectivity index (χ2v) is 8.11. The first kappa shape index (κ1) is 13.0. The lowest BCUT2D eigenvalue weighted by Crippen LogP contribution is -2.16. The lowest BCUT2D eigenvalue weighted by Gasteiger charge is -2.25. The van der Waals surface area contributed by atoms with Gasteiger partial charge < -0.3 is 0 Å². The third-order valence-corrected chi connectivity index (χ3v) is 6.74. The van der Waals surface area contributed by atoms with E-state index in [0.29, 0.717) is 17.3 Å². The molecule has 0 amide bonds. The van der Waals surface area contributed by atoms with Crippen molar-refractivity contribution in [1.29, 1.82) is 0 Å². The van der Waals surface area contributed by atoms with Gasteiger partial charge in [0, 0.05) is 22.6 Å². The van der Waals surface area contributed by atoms with E-state index < -0.39 is 0 Å². The number of rotatable bonds is 0. The number of pyridine rings is 1. The number of nitrogens with zero attached hydrogens (tertiary/aromatic N) is 2. The van der Waals surface area contributed by atoms with Gasteiger partial charge in [-0.2, -0.15) is 0 Å². The molecule has 6 rings (SSSR count). The summed E-state index contributed by atoms with van der Waals surface area (Å²) >= 11 is 0. The average molecular weight is 312 g/mol. The van der Waals surface area contributed by atoms with Gasteiger partial charge in [-0.25, -0.2) is 4.98 Å². The fraction of sp³-hybridized carbons (Fsp3) is 0.318. The van der Waals surface area contributed by atoms with Crippen LogP contribution in [-0.2, 0) is 0 Å². The highest BCUT2D eigenvalue weighted by Crippen LogP contribution is 2.64. The second-order valence-electron chi connectivity index (χ2n) is 8.11. The largest absolute Gasteiger partial charge is 0.296 e. The summed E-state index contributed by atoms with van der Waals surface area (Å²) in [5.74, 6) is 1.26. The van der Waals surface area contributed by atoms with Crippen molar-refractivity contribution in [3.63, 3.8) is 0 Å². The van der Waals surface area contributed by atoms with Crippen LogP contribution in [0.15, 0.2) is 48.5 Å². The van der Waals surface area contributed by atoms with Crippen molar-refractivity contribution in [3.05, 3.63) is 59.9 Å². The summed E-state index contributed by atoms with van der Waals surface area (Å²) in [4.78, 5) is 5.21. The maximum absolute atomic E-state index is 5.21. The molecule has 2 unspecified atom stereocenters. The first-order chi connectivity index (χ1) is 11.7. The van der Waals surface area contributed by atoms with E-state index >= 15 is 0 Å². The summed E-state index contributed by atoms with van der Waals surface area (Å²) in [7, 11) is 0. The maximum Gasteiger partial charge on any atom is 0.145 e. The molecule has 0 saturated heterocycles. The van der Waals surface area contributed by atoms with Crippen LogP contribution >= 0.6 is 0 Å². The van der Waals surface area contributed by atoms with E-state index in [9.17, 15) is 0 Å². The molecule has 118 valence electrons. The fourth-order valence-corrected chi connectivity index (χ4v) is 5.57. The van der Waals surface area contributed by atoms with E-state index in [4.69, 9.17) is 4.98 Å². The van der Waals surface area contributed by atoms with E-state index in [0.717, 1.165) is 5.65 Å². The van der Waals surface area contributed by atoms with Crippen LogP contribution in [-0.4, -0.2) is 9.38 Å². The lowest BCUT2D eigenvalue weighted by atomic mass is 9.81. The van der Waals surface area contributed by atoms with Gasteiger partial charge in [0.2, 0.25) is 0 Å². The molecule has 2 heterocycles. The molecule has 2 aromatic carbocycles. The minimum Gasteiger partial charge on any atom is -0.296 e. The van der Waals surface area contributed by atoms with Crippen LogP contribution in [0.4, 0.5) is 0 Å². The first-order valence-electron chi connectivity index (χ1n) is 8.99. The molecule has 2 aliphatic rings. The molecular formula is C22H20N2. The van der Waals surface area contributed by atoms with Gasteiger partial charge in [0.05, 0.1) is 16.9 Å². The Bertz CT molecular complexity index is 1150. The number of para-hydroxylation sites is 1. The molecule has 2 atom stereocenters. The van der Waals surface area contributed by atoms with E-state index in [-0.39, 0.29) is 0 Å². The van der Waals surface area contributed by atoms with E-state index in [1.165, 1.54) is 45.9 Å². The van der Waals surface area contributed by atoms with Crippen molar-refractivity contribution in [2.24, 2.45) is 5.41 Å². The van der Waals surface area contributed by atoms with Gasteiger partial charge in [0.15, 0.2) is 0 Å². The molecule has 2 aromatic heterocycles. The minimum absolute atomic E-state index is 0.353. The molecule has 0 aliphatic heterocycles. The smallest absolute Gasteiger partial charge is 0.145 e. The van der Waals surface area contributed by atoms with Crippen molar-refractivity contribution in [2.45, 2.75) is 38.5 Å². The highest BCUT2D eigenvalue weighted by Gasteiger charge is 2.54. The SMILES string of the molecule is CC1(C)C2CCC1c1c2nc2c3ccccc3c3ccccc3n12. The normalized spacial score (nSPS) is 24.2. The van der Waals surface area contributed by atoms with Gasteiger partial charge in [0.1, 0.15) is 5.65 Å². The number of imidazole rings is 1. The third-order valence-electron chi connectivity index (χ3n) is 6.74. The van der Waals surface area contributed by atoms with Crippen molar-refractivity contribution in [3.8, 4) is 0 Å². The number of fused-ring (bicyclic) bond motifs is 12. The molecule has 2 aliphatic carbocycles. The topological polar surface area (TPSA) is 17.3 Å². The Morgan fingerprint density at radius 1 is 0.875 bits per heavy atom. The molecule has 2 nitrogen and oxygen atoms in total. The van der Waals surface area contributed by atoms with E-state index in [1.54, 1.807) is 0 Å². The summed E-state index contributed by atoms with van der Waals surface area (Å²) in [5.41, 5.74) is 5.68. The molecule has 4 aromatic rings. The van der Waals surface area contributed by atoms with Crippen LogP contribution in [0.3, 0.4) is 0 Å². The molecule has 24 heavy (non-hydrogen) atoms. The minimum atomic E-state index is 0.353. The van der Waals surface area contributed by atoms with Gasteiger partial charge in [-0.15, -0.1) is 0 Å². The quantitative estimate of drug-likeness (QED) is 0.384. The Labute approximate surface area is 141 Å². The van der Waals surface area contributed by atoms with E-state index in [2.05, 4.69) is 66.8 Å². The fourth-order valence-electron chi connectivity index (χ4n) is 5.57. The first-order valence-corrected chi connectivity index (χ1v) is 8.99. The van der Waals surface area contributed by atoms with Gasteiger partial charge >= 0.3 is 0 Å². The Hall–Kier alpha value is -2.35. The van der Waals surface area contributed by atoms with Crippen molar-refractivity contribution in [2.75, 3.05) is 0 Å². The zero-order valence-corrected chi connectivity index (χ0v) is 14.1. The van der Waals surface area contributed by atoms with Gasteiger partial charge in [-0.3, -0.25) is 4.40 Å². The predicted molar refractivity (Wildman–Crippen MR) is 98.7 cm³/mol. The van der Waals surface area contributed by atoms with Crippen LogP contribution in [0, 0.1) is 5.41 Å². The third kappa shape index (κ3) is 1.29. The van der Waals surface area contributed by atoms with Gasteiger partial charge in [0.25, 0.3) is 0 Å². The molecule has 1 saturated carbocycles. The number of aromatic nitrogens is 2. The van der Waals surface area contributed by atoms with E-state index in [1.807, 2.05) is 0 Å². The van der Waals surface area contributed by atoms with Crippen molar-refractivity contribution >= 4 is 27.3 Å². The monoisotopic (exact) mass is 312 g/mol. The van der Waals surface area contributed by atoms with Crippen LogP contribution in [0.1, 0.15) is 49.9 Å². The molecule has 2 bridgehead atoms. The zero-order valence-electron chi connectivity index (χ0n) is 14.1. The zero-order chi connectivity index (χ0) is 16.1. The number of hydrogen-bond acceptors (Lipinski definition) is 1. The summed E-state index contributed by atoms with van der Waals surface area (Å²) in [5, 5.41) is 3.93. The van der Waals surface area contributed by atoms with Crippen LogP contribution < -0.4 is 0 Å². The second kappa shape index (κ2) is 4.00. The summed E-state index contributed by atoms with van der Waals surface area (Å²) in [6.07, 6.45) is 2.60. The highest BCUT2D eigenvalue weighted by atomic mass is 15.1. The average Bonchev–Trinajstić information content (AvgIpc) is 3.20. The Balaban J connectivity index is 1.89. The summed E-state index contributed by atoms with van der Waals surface area (Å²) < 4.78 is 2.48. The number of hydrogen-bond donors (Lipinski definition) is 0. The Morgan fingerprint density at radius 2 is 1.54 bits per heavy atom. The standard InChI is InChI=1S/C22H20N2/c1-22(2)16-11-12-17(22)20-19(16)23-21-15-9-4-3-7-13(15)14-8-5-6-10-18(14)24(20)21/h3-10,16-17H,11-12H2,1-2H3. The molecule has 0 N–H and O–H groups in total. The number of benzene rings is 2. The predicted octanol–water partition coefficient (Wildman–Crippen LogP) is 5.64.